The molecule has 0 atom stereocenters. The van der Waals surface area contributed by atoms with Crippen LogP contribution >= 0.6 is 0 Å². The number of aromatic nitrogens is 1. The highest BCUT2D eigenvalue weighted by molar-refractivity contribution is 5.89. The zero-order valence-electron chi connectivity index (χ0n) is 11.9. The molecule has 114 valence electrons. The molecule has 4 nitrogen and oxygen atoms in total. The van der Waals surface area contributed by atoms with Crippen molar-refractivity contribution < 1.29 is 14.3 Å². The maximum Gasteiger partial charge on any atom is 0.341 e. The van der Waals surface area contributed by atoms with Crippen molar-refractivity contribution in [2.75, 3.05) is 0 Å². The summed E-state index contributed by atoms with van der Waals surface area (Å²) in [6, 6.07) is 15.8. The van der Waals surface area contributed by atoms with Gasteiger partial charge >= 0.3 is 5.97 Å². The van der Waals surface area contributed by atoms with Crippen LogP contribution in [0.4, 0.5) is 4.39 Å². The molecule has 0 unspecified atom stereocenters. The second kappa shape index (κ2) is 5.88. The van der Waals surface area contributed by atoms with E-state index in [1.165, 1.54) is 34.9 Å². The van der Waals surface area contributed by atoms with Gasteiger partial charge in [-0.05, 0) is 41.5 Å². The molecule has 3 aromatic rings. The Balaban J connectivity index is 2.26. The van der Waals surface area contributed by atoms with E-state index in [1.807, 2.05) is 30.3 Å². The minimum absolute atomic E-state index is 0.337. The lowest BCUT2D eigenvalue weighted by Crippen LogP contribution is -2.25. The zero-order chi connectivity index (χ0) is 16.4. The van der Waals surface area contributed by atoms with Gasteiger partial charge in [-0.3, -0.25) is 9.36 Å². The van der Waals surface area contributed by atoms with E-state index in [0.29, 0.717) is 11.3 Å². The summed E-state index contributed by atoms with van der Waals surface area (Å²) in [5.41, 5.74) is 0.772. The first kappa shape index (κ1) is 14.7. The lowest BCUT2D eigenvalue weighted by Gasteiger charge is -2.10. The number of nitrogens with zero attached hydrogens (tertiary/aromatic N) is 1. The minimum Gasteiger partial charge on any atom is -0.477 e. The number of benzene rings is 2. The minimum atomic E-state index is -1.30. The third-order valence-corrected chi connectivity index (χ3v) is 3.46. The molecule has 0 aliphatic heterocycles. The van der Waals surface area contributed by atoms with E-state index in [0.717, 1.165) is 5.56 Å². The quantitative estimate of drug-likeness (QED) is 0.807. The first-order valence-corrected chi connectivity index (χ1v) is 6.87. The molecule has 1 aromatic heterocycles. The fraction of sp³-hybridized carbons (Fsp3) is 0. The fourth-order valence-electron chi connectivity index (χ4n) is 2.32. The molecular weight excluding hydrogens is 297 g/mol. The van der Waals surface area contributed by atoms with E-state index in [1.54, 1.807) is 6.20 Å². The van der Waals surface area contributed by atoms with Gasteiger partial charge in [-0.25, -0.2) is 9.18 Å². The van der Waals surface area contributed by atoms with E-state index in [9.17, 15) is 19.1 Å². The number of carboxylic acid groups (broad SMARTS) is 1. The summed E-state index contributed by atoms with van der Waals surface area (Å²) in [6.45, 7) is 0. The lowest BCUT2D eigenvalue weighted by atomic mass is 10.1. The third kappa shape index (κ3) is 2.89. The molecule has 23 heavy (non-hydrogen) atoms. The number of hydrogen-bond donors (Lipinski definition) is 1. The SMILES string of the molecule is O=C(O)c1cc(-c2ccccc2)cn(-c2ccc(F)cc2)c1=O. The smallest absolute Gasteiger partial charge is 0.341 e. The van der Waals surface area contributed by atoms with E-state index in [-0.39, 0.29) is 5.56 Å². The number of aromatic carboxylic acids is 1. The summed E-state index contributed by atoms with van der Waals surface area (Å²) < 4.78 is 14.3. The lowest BCUT2D eigenvalue weighted by molar-refractivity contribution is 0.0694. The predicted octanol–water partition coefficient (Wildman–Crippen LogP) is 3.34. The van der Waals surface area contributed by atoms with Crippen molar-refractivity contribution in [1.29, 1.82) is 0 Å². The number of carbonyl (C=O) groups is 1. The zero-order valence-corrected chi connectivity index (χ0v) is 11.9. The van der Waals surface area contributed by atoms with Gasteiger partial charge in [0, 0.05) is 11.9 Å². The third-order valence-electron chi connectivity index (χ3n) is 3.46. The first-order chi connectivity index (χ1) is 11.1. The van der Waals surface area contributed by atoms with E-state index in [4.69, 9.17) is 0 Å². The van der Waals surface area contributed by atoms with Crippen molar-refractivity contribution in [2.24, 2.45) is 0 Å². The van der Waals surface area contributed by atoms with Crippen LogP contribution in [0.5, 0.6) is 0 Å². The van der Waals surface area contributed by atoms with Crippen molar-refractivity contribution in [3.05, 3.63) is 88.6 Å². The van der Waals surface area contributed by atoms with Crippen LogP contribution in [0.15, 0.2) is 71.7 Å². The first-order valence-electron chi connectivity index (χ1n) is 6.87. The van der Waals surface area contributed by atoms with Gasteiger partial charge in [0.1, 0.15) is 11.4 Å². The monoisotopic (exact) mass is 309 g/mol. The van der Waals surface area contributed by atoms with Gasteiger partial charge in [-0.2, -0.15) is 0 Å². The molecule has 2 aromatic carbocycles. The highest BCUT2D eigenvalue weighted by Crippen LogP contribution is 2.20. The van der Waals surface area contributed by atoms with E-state index in [2.05, 4.69) is 0 Å². The Bertz CT molecular complexity index is 915. The summed E-state index contributed by atoms with van der Waals surface area (Å²) in [6.07, 6.45) is 1.55. The van der Waals surface area contributed by atoms with Crippen LogP contribution < -0.4 is 5.56 Å². The second-order valence-electron chi connectivity index (χ2n) is 4.97. The Morgan fingerprint density at radius 1 is 0.957 bits per heavy atom. The highest BCUT2D eigenvalue weighted by atomic mass is 19.1. The topological polar surface area (TPSA) is 59.3 Å². The van der Waals surface area contributed by atoms with Gasteiger partial charge in [0.25, 0.3) is 5.56 Å². The van der Waals surface area contributed by atoms with Crippen LogP contribution in [0.1, 0.15) is 10.4 Å². The molecule has 0 amide bonds. The molecule has 5 heteroatoms. The number of pyridine rings is 1. The van der Waals surface area contributed by atoms with Gasteiger partial charge in [-0.15, -0.1) is 0 Å². The molecule has 0 saturated heterocycles. The van der Waals surface area contributed by atoms with Gasteiger partial charge in [-0.1, -0.05) is 30.3 Å². The second-order valence-corrected chi connectivity index (χ2v) is 4.97. The van der Waals surface area contributed by atoms with Crippen molar-refractivity contribution in [1.82, 2.24) is 4.57 Å². The Hall–Kier alpha value is -3.21. The molecule has 0 fully saturated rings. The average molecular weight is 309 g/mol. The normalized spacial score (nSPS) is 10.5. The van der Waals surface area contributed by atoms with Crippen LogP contribution in [0.2, 0.25) is 0 Å². The fourth-order valence-corrected chi connectivity index (χ4v) is 2.32. The maximum atomic E-state index is 13.1. The summed E-state index contributed by atoms with van der Waals surface area (Å²) in [7, 11) is 0. The number of halogens is 1. The molecule has 1 heterocycles. The Labute approximate surface area is 131 Å². The van der Waals surface area contributed by atoms with Crippen LogP contribution in [0.25, 0.3) is 16.8 Å². The number of hydrogen-bond acceptors (Lipinski definition) is 2. The Morgan fingerprint density at radius 3 is 2.22 bits per heavy atom. The molecule has 1 N–H and O–H groups in total. The van der Waals surface area contributed by atoms with Crippen LogP contribution in [0.3, 0.4) is 0 Å². The van der Waals surface area contributed by atoms with Crippen molar-refractivity contribution >= 4 is 5.97 Å². The summed E-state index contributed by atoms with van der Waals surface area (Å²) in [4.78, 5) is 23.7. The standard InChI is InChI=1S/C18H12FNO3/c19-14-6-8-15(9-7-14)20-11-13(12-4-2-1-3-5-12)10-16(17(20)21)18(22)23/h1-11H,(H,22,23). The van der Waals surface area contributed by atoms with Crippen molar-refractivity contribution in [3.63, 3.8) is 0 Å². The number of rotatable bonds is 3. The maximum absolute atomic E-state index is 13.1. The summed E-state index contributed by atoms with van der Waals surface area (Å²) in [5.74, 6) is -1.73. The molecule has 3 rings (SSSR count). The van der Waals surface area contributed by atoms with E-state index < -0.39 is 17.3 Å². The average Bonchev–Trinajstić information content (AvgIpc) is 2.56. The van der Waals surface area contributed by atoms with Gasteiger partial charge < -0.3 is 5.11 Å². The molecule has 0 radical (unpaired) electrons. The Kier molecular flexibility index (Phi) is 3.76. The van der Waals surface area contributed by atoms with Crippen LogP contribution in [-0.2, 0) is 0 Å². The van der Waals surface area contributed by atoms with Crippen LogP contribution in [0, 0.1) is 5.82 Å². The van der Waals surface area contributed by atoms with Crippen molar-refractivity contribution in [3.8, 4) is 16.8 Å². The Morgan fingerprint density at radius 2 is 1.61 bits per heavy atom. The molecule has 0 saturated carbocycles. The van der Waals surface area contributed by atoms with Gasteiger partial charge in [0.05, 0.1) is 0 Å². The molecule has 0 spiro atoms. The van der Waals surface area contributed by atoms with Gasteiger partial charge in [0.15, 0.2) is 0 Å². The highest BCUT2D eigenvalue weighted by Gasteiger charge is 2.15. The van der Waals surface area contributed by atoms with Gasteiger partial charge in [0.2, 0.25) is 0 Å². The van der Waals surface area contributed by atoms with Crippen molar-refractivity contribution in [2.45, 2.75) is 0 Å². The molecule has 0 aliphatic carbocycles. The van der Waals surface area contributed by atoms with E-state index >= 15 is 0 Å². The summed E-state index contributed by atoms with van der Waals surface area (Å²) in [5, 5.41) is 9.28. The van der Waals surface area contributed by atoms with Crippen LogP contribution in [-0.4, -0.2) is 15.6 Å². The molecular formula is C18H12FNO3. The largest absolute Gasteiger partial charge is 0.477 e. The predicted molar refractivity (Wildman–Crippen MR) is 84.4 cm³/mol. The molecule has 0 bridgehead atoms. The number of carboxylic acids is 1. The summed E-state index contributed by atoms with van der Waals surface area (Å²) >= 11 is 0. The molecule has 0 aliphatic rings.